The molecule has 1 aromatic heterocycles. The number of nitrogens with zero attached hydrogens (tertiary/aromatic N) is 3. The van der Waals surface area contributed by atoms with E-state index in [9.17, 15) is 0 Å². The number of nitrogens with one attached hydrogen (secondary N) is 2. The van der Waals surface area contributed by atoms with Gasteiger partial charge < -0.3 is 10.2 Å². The van der Waals surface area contributed by atoms with Crippen molar-refractivity contribution in [3.8, 4) is 11.4 Å². The van der Waals surface area contributed by atoms with Gasteiger partial charge in [0.2, 0.25) is 5.95 Å². The van der Waals surface area contributed by atoms with Gasteiger partial charge in [-0.25, -0.2) is 0 Å². The average molecular weight is 448 g/mol. The van der Waals surface area contributed by atoms with E-state index in [2.05, 4.69) is 83.0 Å². The van der Waals surface area contributed by atoms with Crippen LogP contribution in [0.4, 0.5) is 5.95 Å². The minimum absolute atomic E-state index is 0.468. The quantitative estimate of drug-likeness (QED) is 0.695. The summed E-state index contributed by atoms with van der Waals surface area (Å²) in [4.78, 5) is 6.85. The summed E-state index contributed by atoms with van der Waals surface area (Å²) < 4.78 is 2.20. The number of rotatable bonds is 2. The molecule has 2 aromatic rings. The highest BCUT2D eigenvalue weighted by atomic mass is 127. The Balaban J connectivity index is 1.88. The first kappa shape index (κ1) is 14.3. The second-order valence-corrected chi connectivity index (χ2v) is 7.01. The molecule has 0 aliphatic carbocycles. The fraction of sp³-hybridized carbons (Fsp3) is 0.385. The van der Waals surface area contributed by atoms with Crippen LogP contribution in [0.5, 0.6) is 0 Å². The lowest BCUT2D eigenvalue weighted by molar-refractivity contribution is 0.480. The smallest absolute Gasteiger partial charge is 0.245 e. The number of halogens is 2. The molecule has 0 saturated carbocycles. The highest BCUT2D eigenvalue weighted by Gasteiger charge is 2.20. The summed E-state index contributed by atoms with van der Waals surface area (Å²) in [6.07, 6.45) is 0. The number of aromatic amines is 1. The maximum Gasteiger partial charge on any atom is 0.245 e. The van der Waals surface area contributed by atoms with Crippen LogP contribution in [0.2, 0.25) is 0 Å². The van der Waals surface area contributed by atoms with Crippen LogP contribution in [0.25, 0.3) is 11.4 Å². The average Bonchev–Trinajstić information content (AvgIpc) is 2.91. The molecule has 2 heterocycles. The van der Waals surface area contributed by atoms with Crippen molar-refractivity contribution in [2.24, 2.45) is 0 Å². The highest BCUT2D eigenvalue weighted by molar-refractivity contribution is 14.1. The molecule has 0 bridgehead atoms. The first-order chi connectivity index (χ1) is 9.63. The minimum Gasteiger partial charge on any atom is -0.337 e. The fourth-order valence-electron chi connectivity index (χ4n) is 2.31. The van der Waals surface area contributed by atoms with Crippen molar-refractivity contribution >= 4 is 44.5 Å². The maximum absolute atomic E-state index is 4.64. The lowest BCUT2D eigenvalue weighted by atomic mass is 10.2. The molecule has 3 rings (SSSR count). The van der Waals surface area contributed by atoms with E-state index in [-0.39, 0.29) is 0 Å². The van der Waals surface area contributed by atoms with Crippen LogP contribution >= 0.6 is 38.5 Å². The highest BCUT2D eigenvalue weighted by Crippen LogP contribution is 2.28. The molecule has 7 heteroatoms. The monoisotopic (exact) mass is 447 g/mol. The Morgan fingerprint density at radius 2 is 2.30 bits per heavy atom. The SMILES string of the molecule is C[C@@H]1CN(c2n[nH]c(-c3cc(I)ccc3Br)n2)CCN1. The Morgan fingerprint density at radius 3 is 3.10 bits per heavy atom. The number of anilines is 1. The van der Waals surface area contributed by atoms with Crippen LogP contribution in [-0.2, 0) is 0 Å². The number of benzene rings is 1. The molecule has 1 aliphatic rings. The maximum atomic E-state index is 4.64. The lowest BCUT2D eigenvalue weighted by Gasteiger charge is -2.30. The Morgan fingerprint density at radius 1 is 1.45 bits per heavy atom. The molecule has 0 unspecified atom stereocenters. The van der Waals surface area contributed by atoms with Gasteiger partial charge in [-0.2, -0.15) is 4.98 Å². The predicted molar refractivity (Wildman–Crippen MR) is 91.9 cm³/mol. The molecule has 0 amide bonds. The molecule has 1 saturated heterocycles. The predicted octanol–water partition coefficient (Wildman–Crippen LogP) is 2.64. The normalized spacial score (nSPS) is 19.4. The largest absolute Gasteiger partial charge is 0.337 e. The molecule has 5 nitrogen and oxygen atoms in total. The number of hydrogen-bond donors (Lipinski definition) is 2. The molecule has 20 heavy (non-hydrogen) atoms. The standard InChI is InChI=1S/C13H15BrIN5/c1-8-7-20(5-4-16-8)13-17-12(18-19-13)10-6-9(15)2-3-11(10)14/h2-3,6,8,16H,4-5,7H2,1H3,(H,17,18,19)/t8-/m1/s1. The van der Waals surface area contributed by atoms with E-state index < -0.39 is 0 Å². The van der Waals surface area contributed by atoms with Crippen molar-refractivity contribution in [2.45, 2.75) is 13.0 Å². The summed E-state index contributed by atoms with van der Waals surface area (Å²) in [6.45, 7) is 5.02. The Bertz CT molecular complexity index is 615. The lowest BCUT2D eigenvalue weighted by Crippen LogP contribution is -2.49. The third-order valence-corrected chi connectivity index (χ3v) is 4.67. The number of hydrogen-bond acceptors (Lipinski definition) is 4. The van der Waals surface area contributed by atoms with Crippen molar-refractivity contribution in [3.63, 3.8) is 0 Å². The zero-order valence-corrected chi connectivity index (χ0v) is 14.8. The van der Waals surface area contributed by atoms with Crippen molar-refractivity contribution in [2.75, 3.05) is 24.5 Å². The van der Waals surface area contributed by atoms with Gasteiger partial charge in [-0.15, -0.1) is 5.10 Å². The number of H-pyrrole nitrogens is 1. The number of aromatic nitrogens is 3. The van der Waals surface area contributed by atoms with E-state index in [4.69, 9.17) is 0 Å². The third-order valence-electron chi connectivity index (χ3n) is 3.31. The van der Waals surface area contributed by atoms with Gasteiger partial charge in [0.1, 0.15) is 0 Å². The van der Waals surface area contributed by atoms with Gasteiger partial charge in [-0.05, 0) is 47.7 Å². The topological polar surface area (TPSA) is 56.8 Å². The Labute approximate surface area is 139 Å². The molecule has 0 spiro atoms. The van der Waals surface area contributed by atoms with E-state index in [0.29, 0.717) is 6.04 Å². The van der Waals surface area contributed by atoms with E-state index in [0.717, 1.165) is 41.4 Å². The van der Waals surface area contributed by atoms with Gasteiger partial charge in [0.05, 0.1) is 0 Å². The van der Waals surface area contributed by atoms with Crippen LogP contribution in [0.1, 0.15) is 6.92 Å². The van der Waals surface area contributed by atoms with Crippen molar-refractivity contribution < 1.29 is 0 Å². The van der Waals surface area contributed by atoms with Crippen LogP contribution in [-0.4, -0.2) is 40.9 Å². The van der Waals surface area contributed by atoms with E-state index >= 15 is 0 Å². The van der Waals surface area contributed by atoms with Crippen LogP contribution in [0.3, 0.4) is 0 Å². The Hall–Kier alpha value is -0.670. The molecule has 1 aromatic carbocycles. The van der Waals surface area contributed by atoms with Crippen LogP contribution in [0, 0.1) is 3.57 Å². The molecular weight excluding hydrogens is 433 g/mol. The first-order valence-corrected chi connectivity index (χ1v) is 8.37. The fourth-order valence-corrected chi connectivity index (χ4v) is 3.23. The second kappa shape index (κ2) is 5.98. The summed E-state index contributed by atoms with van der Waals surface area (Å²) in [5.41, 5.74) is 1.04. The van der Waals surface area contributed by atoms with Crippen LogP contribution in [0.15, 0.2) is 22.7 Å². The van der Waals surface area contributed by atoms with Gasteiger partial charge in [-0.1, -0.05) is 15.9 Å². The Kier molecular flexibility index (Phi) is 4.27. The van der Waals surface area contributed by atoms with Crippen molar-refractivity contribution in [3.05, 3.63) is 26.2 Å². The van der Waals surface area contributed by atoms with Gasteiger partial charge >= 0.3 is 0 Å². The molecule has 1 fully saturated rings. The minimum atomic E-state index is 0.468. The molecule has 1 atom stereocenters. The summed E-state index contributed by atoms with van der Waals surface area (Å²) in [7, 11) is 0. The van der Waals surface area contributed by atoms with Crippen molar-refractivity contribution in [1.29, 1.82) is 0 Å². The van der Waals surface area contributed by atoms with Crippen molar-refractivity contribution in [1.82, 2.24) is 20.5 Å². The third kappa shape index (κ3) is 2.99. The summed E-state index contributed by atoms with van der Waals surface area (Å²) >= 11 is 5.87. The molecule has 1 aliphatic heterocycles. The van der Waals surface area contributed by atoms with Gasteiger partial charge in [0, 0.05) is 39.3 Å². The van der Waals surface area contributed by atoms with E-state index in [1.54, 1.807) is 0 Å². The van der Waals surface area contributed by atoms with E-state index in [1.807, 2.05) is 6.07 Å². The molecule has 0 radical (unpaired) electrons. The molecular formula is C13H15BrIN5. The van der Waals surface area contributed by atoms with Gasteiger partial charge in [0.15, 0.2) is 5.82 Å². The summed E-state index contributed by atoms with van der Waals surface area (Å²) in [5.74, 6) is 1.58. The zero-order valence-electron chi connectivity index (χ0n) is 11.0. The van der Waals surface area contributed by atoms with Crippen LogP contribution < -0.4 is 10.2 Å². The van der Waals surface area contributed by atoms with E-state index in [1.165, 1.54) is 3.57 Å². The summed E-state index contributed by atoms with van der Waals surface area (Å²) in [6, 6.07) is 6.65. The molecule has 106 valence electrons. The number of piperazine rings is 1. The summed E-state index contributed by atoms with van der Waals surface area (Å²) in [5, 5.41) is 10.8. The van der Waals surface area contributed by atoms with Gasteiger partial charge in [-0.3, -0.25) is 5.10 Å². The zero-order chi connectivity index (χ0) is 14.1. The second-order valence-electron chi connectivity index (χ2n) is 4.91. The van der Waals surface area contributed by atoms with Gasteiger partial charge in [0.25, 0.3) is 0 Å². The molecule has 2 N–H and O–H groups in total. The first-order valence-electron chi connectivity index (χ1n) is 6.49.